The molecule has 10 N–H and O–H groups in total. The second-order valence-corrected chi connectivity index (χ2v) is 15.1. The van der Waals surface area contributed by atoms with Crippen LogP contribution in [0.1, 0.15) is 113 Å². The van der Waals surface area contributed by atoms with Gasteiger partial charge >= 0.3 is 27.6 Å². The molecule has 1 fully saturated rings. The molecule has 0 spiro atoms. The highest BCUT2D eigenvalue weighted by molar-refractivity contribution is 7.47. The minimum atomic E-state index is -5.34. The summed E-state index contributed by atoms with van der Waals surface area (Å²) in [6, 6.07) is 0. The van der Waals surface area contributed by atoms with Crippen molar-refractivity contribution in [3.05, 3.63) is 0 Å². The number of phosphoric acid groups is 2. The van der Waals surface area contributed by atoms with Crippen LogP contribution >= 0.6 is 15.6 Å². The molecule has 0 saturated heterocycles. The summed E-state index contributed by atoms with van der Waals surface area (Å²) in [7, 11) is -10.7. The smallest absolute Gasteiger partial charge is 0.456 e. The monoisotopic (exact) mass is 863 g/mol. The number of hydrogen-bond donors (Lipinski definition) is 8. The Morgan fingerprint density at radius 1 is 0.649 bits per heavy atom. The molecule has 5 unspecified atom stereocenters. The Balaban J connectivity index is -0.000000261. The van der Waals surface area contributed by atoms with Crippen LogP contribution in [0.15, 0.2) is 0 Å². The SMILES string of the molecule is C#CC#CC#CC#CC#CC#CC(=O)OC[C@H](COP(=O)(O)OC1C(O)[C@H](O)C(OP(=O)(O)O)C(O)[C@@H]1O)OC(=O)CCCCCCCCCCCCCCC.N.[HH].[HH].[HH].[HH].[HH].[HH].[HH].[HH].[HH].[HH].[HH]. The van der Waals surface area contributed by atoms with Gasteiger partial charge in [-0.05, 0) is 65.6 Å². The van der Waals surface area contributed by atoms with Gasteiger partial charge in [0, 0.05) is 28.0 Å². The Morgan fingerprint density at radius 2 is 1.07 bits per heavy atom. The van der Waals surface area contributed by atoms with Gasteiger partial charge in [-0.2, -0.15) is 0 Å². The maximum absolute atomic E-state index is 12.8. The Labute approximate surface area is 350 Å². The van der Waals surface area contributed by atoms with Crippen molar-refractivity contribution in [1.29, 1.82) is 0 Å². The van der Waals surface area contributed by atoms with Crippen LogP contribution in [0.3, 0.4) is 0 Å². The molecule has 0 bridgehead atoms. The number of aliphatic hydroxyl groups excluding tert-OH is 4. The summed E-state index contributed by atoms with van der Waals surface area (Å²) in [4.78, 5) is 53.2. The number of aliphatic hydroxyl groups is 4. The fraction of sp³-hybridized carbons (Fsp3) is 0.632. The maximum atomic E-state index is 12.8. The zero-order chi connectivity index (χ0) is 41.8. The number of phosphoric ester groups is 2. The van der Waals surface area contributed by atoms with Crippen LogP contribution in [0.4, 0.5) is 0 Å². The summed E-state index contributed by atoms with van der Waals surface area (Å²) in [5.41, 5.74) is 0. The van der Waals surface area contributed by atoms with Crippen LogP contribution in [-0.2, 0) is 41.8 Å². The van der Waals surface area contributed by atoms with Gasteiger partial charge < -0.3 is 50.7 Å². The number of ether oxygens (including phenoxy) is 2. The molecule has 0 heterocycles. The van der Waals surface area contributed by atoms with Gasteiger partial charge in [0.1, 0.15) is 43.2 Å². The standard InChI is InChI=1S/C38H50O16P2.H3N.11H2/c1-3-5-7-9-11-13-15-16-17-19-21-23-25-27-32(40)52-30(28-50-31(39)26-24-22-20-18-14-12-10-8-6-4-2)29-51-56(48,49)54-38-35(43)33(41)37(34(42)36(38)44)53-55(45,46)47;;;;;;;;;;;;/h2,30,33-38,41-44H,3,5,7,9,11,13,15-17,19,21,23,25,27-29H2,1H3,(H,48,49)(H2,45,46,47);1H3;11*1H/t30-,33+,34?,35?,36+,37?,38?;;;;;;;;;;;;/m1............/s1. The van der Waals surface area contributed by atoms with Crippen LogP contribution < -0.4 is 6.15 Å². The third kappa shape index (κ3) is 25.3. The average Bonchev–Trinajstić information content (AvgIpc) is 3.14. The molecule has 17 nitrogen and oxygen atoms in total. The molecule has 1 aliphatic rings. The van der Waals surface area contributed by atoms with Gasteiger partial charge in [0.2, 0.25) is 0 Å². The minimum Gasteiger partial charge on any atom is -0.456 e. The molecular formula is C38H75NO16P2. The number of carbonyl (C=O) groups is 2. The van der Waals surface area contributed by atoms with Crippen LogP contribution in [0.2, 0.25) is 0 Å². The lowest BCUT2D eigenvalue weighted by Crippen LogP contribution is -2.64. The minimum absolute atomic E-state index is 0. The van der Waals surface area contributed by atoms with Crippen LogP contribution in [-0.4, -0.2) is 103 Å². The number of unbranched alkanes of at least 4 members (excludes halogenated alkanes) is 12. The highest BCUT2D eigenvalue weighted by atomic mass is 31.2. The highest BCUT2D eigenvalue weighted by Crippen LogP contribution is 2.48. The summed E-state index contributed by atoms with van der Waals surface area (Å²) in [5.74, 6) is 23.1. The largest absolute Gasteiger partial charge is 0.472 e. The number of hydrogen-bond acceptors (Lipinski definition) is 14. The van der Waals surface area contributed by atoms with Crippen molar-refractivity contribution in [2.24, 2.45) is 0 Å². The van der Waals surface area contributed by atoms with E-state index in [2.05, 4.69) is 70.7 Å². The zero-order valence-electron chi connectivity index (χ0n) is 31.8. The third-order valence-electron chi connectivity index (χ3n) is 7.90. The fourth-order valence-corrected chi connectivity index (χ4v) is 6.68. The van der Waals surface area contributed by atoms with Crippen molar-refractivity contribution in [3.63, 3.8) is 0 Å². The second kappa shape index (κ2) is 30.4. The molecule has 1 rings (SSSR count). The molecule has 1 saturated carbocycles. The van der Waals surface area contributed by atoms with E-state index in [4.69, 9.17) is 34.7 Å². The van der Waals surface area contributed by atoms with E-state index < -0.39 is 83.5 Å². The van der Waals surface area contributed by atoms with E-state index in [1.807, 2.05) is 5.92 Å². The van der Waals surface area contributed by atoms with Crippen molar-refractivity contribution in [1.82, 2.24) is 6.15 Å². The van der Waals surface area contributed by atoms with Crippen molar-refractivity contribution < 1.29 is 92.6 Å². The first-order valence-corrected chi connectivity index (χ1v) is 21.1. The van der Waals surface area contributed by atoms with Gasteiger partial charge in [-0.3, -0.25) is 18.4 Å². The molecule has 8 atom stereocenters. The summed E-state index contributed by atoms with van der Waals surface area (Å²) in [6.07, 6.45) is 3.91. The van der Waals surface area contributed by atoms with E-state index in [9.17, 15) is 44.0 Å². The third-order valence-corrected chi connectivity index (χ3v) is 9.41. The van der Waals surface area contributed by atoms with Crippen molar-refractivity contribution in [2.45, 2.75) is 140 Å². The van der Waals surface area contributed by atoms with E-state index in [1.54, 1.807) is 0 Å². The molecule has 0 aromatic rings. The van der Waals surface area contributed by atoms with Gasteiger partial charge in [0.25, 0.3) is 0 Å². The molecule has 338 valence electrons. The lowest BCUT2D eigenvalue weighted by molar-refractivity contribution is -0.216. The van der Waals surface area contributed by atoms with Crippen molar-refractivity contribution in [3.8, 4) is 71.5 Å². The van der Waals surface area contributed by atoms with Gasteiger partial charge in [0.15, 0.2) is 6.10 Å². The normalized spacial score (nSPS) is 21.1. The van der Waals surface area contributed by atoms with Crippen LogP contribution in [0.25, 0.3) is 0 Å². The Kier molecular flexibility index (Phi) is 28.4. The predicted molar refractivity (Wildman–Crippen MR) is 229 cm³/mol. The topological polar surface area (TPSA) is 291 Å². The lowest BCUT2D eigenvalue weighted by atomic mass is 9.85. The Bertz CT molecular complexity index is 1730. The van der Waals surface area contributed by atoms with Crippen molar-refractivity contribution >= 4 is 27.6 Å². The first-order chi connectivity index (χ1) is 26.6. The Morgan fingerprint density at radius 3 is 1.53 bits per heavy atom. The number of carbonyl (C=O) groups excluding carboxylic acids is 2. The highest BCUT2D eigenvalue weighted by Gasteiger charge is 2.54. The maximum Gasteiger partial charge on any atom is 0.472 e. The molecule has 0 radical (unpaired) electrons. The molecule has 1 aliphatic carbocycles. The molecule has 0 aromatic carbocycles. The molecule has 57 heavy (non-hydrogen) atoms. The quantitative estimate of drug-likeness (QED) is 0.0211. The van der Waals surface area contributed by atoms with Gasteiger partial charge in [-0.25, -0.2) is 13.9 Å². The number of terminal acetylenes is 1. The summed E-state index contributed by atoms with van der Waals surface area (Å²) >= 11 is 0. The first-order valence-electron chi connectivity index (χ1n) is 18.1. The first kappa shape index (κ1) is 53.3. The van der Waals surface area contributed by atoms with Crippen LogP contribution in [0, 0.1) is 71.5 Å². The van der Waals surface area contributed by atoms with Crippen LogP contribution in [0.5, 0.6) is 0 Å². The summed E-state index contributed by atoms with van der Waals surface area (Å²) in [6.45, 7) is 0.543. The number of esters is 2. The molecular weight excluding hydrogens is 788 g/mol. The van der Waals surface area contributed by atoms with Crippen molar-refractivity contribution in [2.75, 3.05) is 13.2 Å². The molecule has 19 heteroatoms. The average molecular weight is 864 g/mol. The van der Waals surface area contributed by atoms with Gasteiger partial charge in [-0.15, -0.1) is 6.42 Å². The molecule has 0 amide bonds. The van der Waals surface area contributed by atoms with E-state index in [0.717, 1.165) is 32.1 Å². The molecule has 0 aliphatic heterocycles. The number of rotatable bonds is 24. The van der Waals surface area contributed by atoms with E-state index >= 15 is 0 Å². The fourth-order valence-electron chi connectivity index (χ4n) is 5.14. The summed E-state index contributed by atoms with van der Waals surface area (Å²) < 4.78 is 48.1. The van der Waals surface area contributed by atoms with E-state index in [1.165, 1.54) is 44.9 Å². The lowest BCUT2D eigenvalue weighted by Gasteiger charge is -2.43. The second-order valence-electron chi connectivity index (χ2n) is 12.5. The Hall–Kier alpha value is -3.68. The molecule has 0 aromatic heterocycles. The van der Waals surface area contributed by atoms with Gasteiger partial charge in [0.05, 0.1) is 6.61 Å². The van der Waals surface area contributed by atoms with E-state index in [-0.39, 0.29) is 28.3 Å². The van der Waals surface area contributed by atoms with E-state index in [0.29, 0.717) is 6.42 Å². The van der Waals surface area contributed by atoms with Gasteiger partial charge in [-0.1, -0.05) is 84.0 Å². The predicted octanol–water partition coefficient (Wildman–Crippen LogP) is 4.88. The zero-order valence-corrected chi connectivity index (χ0v) is 33.6. The summed E-state index contributed by atoms with van der Waals surface area (Å²) in [5, 5.41) is 41.1.